The van der Waals surface area contributed by atoms with Gasteiger partial charge in [-0.05, 0) is 44.4 Å². The second-order valence-corrected chi connectivity index (χ2v) is 10.2. The molecule has 2 aromatic heterocycles. The molecule has 1 aliphatic heterocycles. The Hall–Kier alpha value is -3.19. The van der Waals surface area contributed by atoms with Crippen molar-refractivity contribution in [3.63, 3.8) is 0 Å². The van der Waals surface area contributed by atoms with E-state index in [-0.39, 0.29) is 5.92 Å². The van der Waals surface area contributed by atoms with Crippen molar-refractivity contribution in [2.24, 2.45) is 5.92 Å². The molecule has 35 heavy (non-hydrogen) atoms. The Morgan fingerprint density at radius 2 is 1.74 bits per heavy atom. The summed E-state index contributed by atoms with van der Waals surface area (Å²) in [6, 6.07) is 14.0. The summed E-state index contributed by atoms with van der Waals surface area (Å²) < 4.78 is 2.06. The van der Waals surface area contributed by atoms with Crippen LogP contribution in [0.25, 0.3) is 27.9 Å². The average Bonchev–Trinajstić information content (AvgIpc) is 3.49. The minimum Gasteiger partial charge on any atom is -0.341 e. The van der Waals surface area contributed by atoms with Gasteiger partial charge in [-0.3, -0.25) is 4.79 Å². The maximum atomic E-state index is 13.1. The van der Waals surface area contributed by atoms with Crippen LogP contribution in [-0.4, -0.2) is 56.6 Å². The quantitative estimate of drug-likeness (QED) is 0.399. The topological polar surface area (TPSA) is 66.6 Å². The summed E-state index contributed by atoms with van der Waals surface area (Å²) >= 11 is 6.33. The summed E-state index contributed by atoms with van der Waals surface area (Å²) in [5, 5.41) is 10.7. The van der Waals surface area contributed by atoms with Gasteiger partial charge in [0.25, 0.3) is 0 Å². The lowest BCUT2D eigenvalue weighted by molar-refractivity contribution is -0.135. The fraction of sp³-hybridized carbons (Fsp3) is 0.407. The molecule has 0 unspecified atom stereocenters. The van der Waals surface area contributed by atoms with Gasteiger partial charge < -0.3 is 9.80 Å². The molecule has 0 bridgehead atoms. The minimum absolute atomic E-state index is 0.209. The zero-order chi connectivity index (χ0) is 23.9. The van der Waals surface area contributed by atoms with Crippen LogP contribution in [0.2, 0.25) is 5.02 Å². The SMILES string of the molecule is Cc1ccc(-c2nnc3c4ccc(Cl)cc4nc(N4CCCN(C(=O)C5CCCC5)CC4)n23)cc1. The first-order chi connectivity index (χ1) is 17.1. The van der Waals surface area contributed by atoms with E-state index in [0.717, 1.165) is 72.8 Å². The van der Waals surface area contributed by atoms with Gasteiger partial charge >= 0.3 is 0 Å². The molecule has 1 aliphatic carbocycles. The molecular formula is C27H29ClN6O. The standard InChI is InChI=1S/C27H29ClN6O/c1-18-7-9-19(10-8-18)24-30-31-25-22-12-11-21(28)17-23(22)29-27(34(24)25)33-14-4-13-32(15-16-33)26(35)20-5-2-3-6-20/h7-12,17,20H,2-6,13-16H2,1H3. The molecular weight excluding hydrogens is 460 g/mol. The molecule has 0 atom stereocenters. The van der Waals surface area contributed by atoms with Gasteiger partial charge in [-0.1, -0.05) is 54.3 Å². The van der Waals surface area contributed by atoms with Crippen LogP contribution in [0.4, 0.5) is 5.95 Å². The van der Waals surface area contributed by atoms with Gasteiger partial charge in [0.05, 0.1) is 5.52 Å². The summed E-state index contributed by atoms with van der Waals surface area (Å²) in [4.78, 5) is 22.5. The highest BCUT2D eigenvalue weighted by molar-refractivity contribution is 6.31. The maximum Gasteiger partial charge on any atom is 0.225 e. The molecule has 3 heterocycles. The van der Waals surface area contributed by atoms with Crippen molar-refractivity contribution in [2.75, 3.05) is 31.1 Å². The Bertz CT molecular complexity index is 1390. The zero-order valence-electron chi connectivity index (χ0n) is 20.0. The normalized spacial score (nSPS) is 17.4. The lowest BCUT2D eigenvalue weighted by atomic mass is 10.1. The van der Waals surface area contributed by atoms with Crippen LogP contribution >= 0.6 is 11.6 Å². The van der Waals surface area contributed by atoms with E-state index in [9.17, 15) is 4.79 Å². The minimum atomic E-state index is 0.209. The fourth-order valence-electron chi connectivity index (χ4n) is 5.46. The smallest absolute Gasteiger partial charge is 0.225 e. The number of benzene rings is 2. The molecule has 4 aromatic rings. The van der Waals surface area contributed by atoms with E-state index in [1.54, 1.807) is 0 Å². The highest BCUT2D eigenvalue weighted by Gasteiger charge is 2.29. The van der Waals surface area contributed by atoms with Crippen LogP contribution in [0.1, 0.15) is 37.7 Å². The van der Waals surface area contributed by atoms with E-state index < -0.39 is 0 Å². The molecule has 0 radical (unpaired) electrons. The first-order valence-corrected chi connectivity index (χ1v) is 12.9. The molecule has 1 amide bonds. The highest BCUT2D eigenvalue weighted by atomic mass is 35.5. The Morgan fingerprint density at radius 1 is 0.943 bits per heavy atom. The first kappa shape index (κ1) is 22.3. The average molecular weight is 489 g/mol. The van der Waals surface area contributed by atoms with Crippen molar-refractivity contribution in [2.45, 2.75) is 39.0 Å². The fourth-order valence-corrected chi connectivity index (χ4v) is 5.63. The monoisotopic (exact) mass is 488 g/mol. The van der Waals surface area contributed by atoms with Crippen molar-refractivity contribution in [1.82, 2.24) is 24.5 Å². The van der Waals surface area contributed by atoms with Crippen LogP contribution in [0.3, 0.4) is 0 Å². The van der Waals surface area contributed by atoms with Gasteiger partial charge in [0, 0.05) is 48.1 Å². The predicted octanol–water partition coefficient (Wildman–Crippen LogP) is 5.14. The third-order valence-corrected chi connectivity index (χ3v) is 7.62. The van der Waals surface area contributed by atoms with Gasteiger partial charge in [0.15, 0.2) is 11.5 Å². The number of carbonyl (C=O) groups excluding carboxylic acids is 1. The Labute approximate surface area is 209 Å². The number of carbonyl (C=O) groups is 1. The number of hydrogen-bond donors (Lipinski definition) is 0. The van der Waals surface area contributed by atoms with Crippen LogP contribution < -0.4 is 4.90 Å². The summed E-state index contributed by atoms with van der Waals surface area (Å²) in [5.41, 5.74) is 3.75. The van der Waals surface area contributed by atoms with E-state index >= 15 is 0 Å². The summed E-state index contributed by atoms with van der Waals surface area (Å²) in [6.07, 6.45) is 5.32. The van der Waals surface area contributed by atoms with Crippen LogP contribution in [0.5, 0.6) is 0 Å². The molecule has 6 rings (SSSR count). The molecule has 1 saturated heterocycles. The molecule has 2 aliphatic rings. The number of aryl methyl sites for hydroxylation is 1. The number of anilines is 1. The van der Waals surface area contributed by atoms with E-state index in [1.165, 1.54) is 18.4 Å². The summed E-state index contributed by atoms with van der Waals surface area (Å²) in [5.74, 6) is 2.10. The lowest BCUT2D eigenvalue weighted by Crippen LogP contribution is -2.38. The largest absolute Gasteiger partial charge is 0.341 e. The first-order valence-electron chi connectivity index (χ1n) is 12.5. The van der Waals surface area contributed by atoms with E-state index in [2.05, 4.69) is 55.6 Å². The number of rotatable bonds is 3. The van der Waals surface area contributed by atoms with E-state index in [4.69, 9.17) is 16.6 Å². The molecule has 2 aromatic carbocycles. The maximum absolute atomic E-state index is 13.1. The Kier molecular flexibility index (Phi) is 5.80. The van der Waals surface area contributed by atoms with Crippen molar-refractivity contribution < 1.29 is 4.79 Å². The Balaban J connectivity index is 1.42. The number of aromatic nitrogens is 4. The van der Waals surface area contributed by atoms with Crippen molar-refractivity contribution in [3.05, 3.63) is 53.1 Å². The highest BCUT2D eigenvalue weighted by Crippen LogP contribution is 2.31. The molecule has 8 heteroatoms. The van der Waals surface area contributed by atoms with Gasteiger partial charge in [-0.2, -0.15) is 0 Å². The molecule has 0 spiro atoms. The van der Waals surface area contributed by atoms with Crippen molar-refractivity contribution in [3.8, 4) is 11.4 Å². The number of halogens is 1. The van der Waals surface area contributed by atoms with Crippen molar-refractivity contribution in [1.29, 1.82) is 0 Å². The van der Waals surface area contributed by atoms with Gasteiger partial charge in [0.2, 0.25) is 11.9 Å². The Morgan fingerprint density at radius 3 is 2.54 bits per heavy atom. The second-order valence-electron chi connectivity index (χ2n) is 9.77. The van der Waals surface area contributed by atoms with Gasteiger partial charge in [-0.25, -0.2) is 9.38 Å². The third kappa shape index (κ3) is 4.12. The zero-order valence-corrected chi connectivity index (χ0v) is 20.7. The number of fused-ring (bicyclic) bond motifs is 3. The lowest BCUT2D eigenvalue weighted by Gasteiger charge is -2.25. The van der Waals surface area contributed by atoms with Crippen LogP contribution in [0, 0.1) is 12.8 Å². The van der Waals surface area contributed by atoms with Gasteiger partial charge in [-0.15, -0.1) is 10.2 Å². The van der Waals surface area contributed by atoms with Gasteiger partial charge in [0.1, 0.15) is 0 Å². The van der Waals surface area contributed by atoms with Crippen LogP contribution in [0.15, 0.2) is 42.5 Å². The molecule has 0 N–H and O–H groups in total. The third-order valence-electron chi connectivity index (χ3n) is 7.39. The number of nitrogens with zero attached hydrogens (tertiary/aromatic N) is 6. The molecule has 7 nitrogen and oxygen atoms in total. The molecule has 1 saturated carbocycles. The molecule has 2 fully saturated rings. The number of amides is 1. The number of hydrogen-bond acceptors (Lipinski definition) is 5. The second kappa shape index (κ2) is 9.11. The van der Waals surface area contributed by atoms with Crippen molar-refractivity contribution >= 4 is 40.0 Å². The van der Waals surface area contributed by atoms with E-state index in [0.29, 0.717) is 17.5 Å². The summed E-state index contributed by atoms with van der Waals surface area (Å²) in [7, 11) is 0. The van der Waals surface area contributed by atoms with Crippen LogP contribution in [-0.2, 0) is 4.79 Å². The predicted molar refractivity (Wildman–Crippen MR) is 139 cm³/mol. The molecule has 180 valence electrons. The van der Waals surface area contributed by atoms with E-state index in [1.807, 2.05) is 18.2 Å². The summed E-state index contributed by atoms with van der Waals surface area (Å²) in [6.45, 7) is 5.10.